The van der Waals surface area contributed by atoms with Crippen LogP contribution in [0.3, 0.4) is 0 Å². The third-order valence-corrected chi connectivity index (χ3v) is 3.51. The maximum atomic E-state index is 10.6. The fourth-order valence-corrected chi connectivity index (χ4v) is 2.44. The molecule has 0 bridgehead atoms. The lowest BCUT2D eigenvalue weighted by molar-refractivity contribution is -0.131. The fraction of sp³-hybridized carbons (Fsp3) is 0.211. The van der Waals surface area contributed by atoms with Gasteiger partial charge < -0.3 is 14.6 Å². The largest absolute Gasteiger partial charge is 0.490 e. The molecule has 0 atom stereocenters. The Kier molecular flexibility index (Phi) is 6.70. The van der Waals surface area contributed by atoms with Crippen molar-refractivity contribution in [3.8, 4) is 11.5 Å². The molecule has 0 fully saturated rings. The first-order valence-corrected chi connectivity index (χ1v) is 8.02. The van der Waals surface area contributed by atoms with E-state index in [2.05, 4.69) is 0 Å². The van der Waals surface area contributed by atoms with Gasteiger partial charge in [0.15, 0.2) is 11.5 Å². The van der Waals surface area contributed by atoms with Crippen LogP contribution in [0.2, 0.25) is 5.02 Å². The zero-order valence-corrected chi connectivity index (χ0v) is 14.1. The first kappa shape index (κ1) is 17.9. The van der Waals surface area contributed by atoms with E-state index in [1.807, 2.05) is 37.3 Å². The smallest absolute Gasteiger partial charge is 0.328 e. The number of rotatable bonds is 8. The summed E-state index contributed by atoms with van der Waals surface area (Å²) in [6.07, 6.45) is 3.27. The number of halogens is 1. The van der Waals surface area contributed by atoms with E-state index in [1.165, 1.54) is 11.6 Å². The lowest BCUT2D eigenvalue weighted by atomic mass is 10.1. The van der Waals surface area contributed by atoms with Crippen LogP contribution in [0.15, 0.2) is 48.5 Å². The van der Waals surface area contributed by atoms with E-state index in [0.29, 0.717) is 35.3 Å². The van der Waals surface area contributed by atoms with Crippen LogP contribution in [0.5, 0.6) is 11.5 Å². The maximum absolute atomic E-state index is 10.6. The van der Waals surface area contributed by atoms with Gasteiger partial charge in [-0.15, -0.1) is 0 Å². The summed E-state index contributed by atoms with van der Waals surface area (Å²) >= 11 is 6.28. The number of benzene rings is 2. The molecular weight excluding hydrogens is 328 g/mol. The summed E-state index contributed by atoms with van der Waals surface area (Å²) in [5, 5.41) is 9.11. The van der Waals surface area contributed by atoms with Crippen LogP contribution in [0.25, 0.3) is 6.08 Å². The maximum Gasteiger partial charge on any atom is 0.328 e. The lowest BCUT2D eigenvalue weighted by Gasteiger charge is -2.14. The van der Waals surface area contributed by atoms with Crippen molar-refractivity contribution in [2.24, 2.45) is 0 Å². The van der Waals surface area contributed by atoms with Crippen molar-refractivity contribution in [2.45, 2.75) is 13.3 Å². The molecule has 0 amide bonds. The van der Waals surface area contributed by atoms with E-state index < -0.39 is 5.97 Å². The van der Waals surface area contributed by atoms with Crippen LogP contribution in [-0.2, 0) is 11.2 Å². The molecule has 24 heavy (non-hydrogen) atoms. The van der Waals surface area contributed by atoms with Crippen LogP contribution >= 0.6 is 11.6 Å². The third kappa shape index (κ3) is 5.32. The van der Waals surface area contributed by atoms with Crippen molar-refractivity contribution in [2.75, 3.05) is 13.2 Å². The minimum atomic E-state index is -1.02. The van der Waals surface area contributed by atoms with Gasteiger partial charge in [-0.05, 0) is 36.3 Å². The Morgan fingerprint density at radius 3 is 2.62 bits per heavy atom. The summed E-state index contributed by atoms with van der Waals surface area (Å²) < 4.78 is 11.4. The molecule has 4 nitrogen and oxygen atoms in total. The van der Waals surface area contributed by atoms with Crippen LogP contribution in [-0.4, -0.2) is 24.3 Å². The quantitative estimate of drug-likeness (QED) is 0.717. The highest BCUT2D eigenvalue weighted by molar-refractivity contribution is 6.32. The second-order valence-corrected chi connectivity index (χ2v) is 5.43. The van der Waals surface area contributed by atoms with Crippen LogP contribution in [0.1, 0.15) is 18.1 Å². The molecule has 0 aliphatic heterocycles. The van der Waals surface area contributed by atoms with Crippen LogP contribution < -0.4 is 9.47 Å². The predicted molar refractivity (Wildman–Crippen MR) is 94.9 cm³/mol. The Hall–Kier alpha value is -2.46. The summed E-state index contributed by atoms with van der Waals surface area (Å²) in [5.41, 5.74) is 1.81. The van der Waals surface area contributed by atoms with Gasteiger partial charge in [0.2, 0.25) is 0 Å². The highest BCUT2D eigenvalue weighted by Crippen LogP contribution is 2.37. The summed E-state index contributed by atoms with van der Waals surface area (Å²) in [5.74, 6) is -0.0442. The number of carboxylic acid groups (broad SMARTS) is 1. The second-order valence-electron chi connectivity index (χ2n) is 5.02. The molecule has 0 aromatic heterocycles. The summed E-state index contributed by atoms with van der Waals surface area (Å²) in [6.45, 7) is 2.78. The Balaban J connectivity index is 2.13. The minimum Gasteiger partial charge on any atom is -0.490 e. The average molecular weight is 347 g/mol. The Morgan fingerprint density at radius 2 is 1.96 bits per heavy atom. The average Bonchev–Trinajstić information content (AvgIpc) is 2.56. The van der Waals surface area contributed by atoms with Crippen molar-refractivity contribution >= 4 is 23.6 Å². The number of hydrogen-bond donors (Lipinski definition) is 1. The molecule has 5 heteroatoms. The number of hydrogen-bond acceptors (Lipinski definition) is 3. The topological polar surface area (TPSA) is 55.8 Å². The monoisotopic (exact) mass is 346 g/mol. The summed E-state index contributed by atoms with van der Waals surface area (Å²) in [7, 11) is 0. The first-order chi connectivity index (χ1) is 11.6. The number of carbonyl (C=O) groups is 1. The van der Waals surface area contributed by atoms with Crippen molar-refractivity contribution in [3.63, 3.8) is 0 Å². The van der Waals surface area contributed by atoms with Gasteiger partial charge >= 0.3 is 5.97 Å². The molecule has 2 aromatic rings. The zero-order chi connectivity index (χ0) is 17.4. The summed E-state index contributed by atoms with van der Waals surface area (Å²) in [6, 6.07) is 13.4. The molecule has 0 saturated heterocycles. The zero-order valence-electron chi connectivity index (χ0n) is 13.4. The Bertz CT molecular complexity index is 711. The lowest BCUT2D eigenvalue weighted by Crippen LogP contribution is -2.04. The number of aliphatic carboxylic acids is 1. The first-order valence-electron chi connectivity index (χ1n) is 7.64. The minimum absolute atomic E-state index is 0.388. The molecule has 0 radical (unpaired) electrons. The van der Waals surface area contributed by atoms with Crippen LogP contribution in [0.4, 0.5) is 0 Å². The van der Waals surface area contributed by atoms with E-state index in [9.17, 15) is 4.79 Å². The Morgan fingerprint density at radius 1 is 1.21 bits per heavy atom. The Labute approximate surface area is 146 Å². The molecule has 0 spiro atoms. The van der Waals surface area contributed by atoms with Crippen molar-refractivity contribution in [3.05, 3.63) is 64.7 Å². The van der Waals surface area contributed by atoms with Crippen molar-refractivity contribution in [1.82, 2.24) is 0 Å². The van der Waals surface area contributed by atoms with Gasteiger partial charge in [0.25, 0.3) is 0 Å². The van der Waals surface area contributed by atoms with E-state index >= 15 is 0 Å². The molecule has 0 heterocycles. The van der Waals surface area contributed by atoms with Gasteiger partial charge in [0.1, 0.15) is 0 Å². The summed E-state index contributed by atoms with van der Waals surface area (Å²) in [4.78, 5) is 10.6. The highest BCUT2D eigenvalue weighted by Gasteiger charge is 2.12. The number of carboxylic acids is 1. The van der Waals surface area contributed by atoms with Crippen molar-refractivity contribution in [1.29, 1.82) is 0 Å². The normalized spacial score (nSPS) is 10.8. The van der Waals surface area contributed by atoms with Crippen LogP contribution in [0, 0.1) is 0 Å². The van der Waals surface area contributed by atoms with E-state index in [-0.39, 0.29) is 0 Å². The second kappa shape index (κ2) is 8.99. The molecule has 2 aromatic carbocycles. The molecular formula is C19H19ClO4. The fourth-order valence-electron chi connectivity index (χ4n) is 2.17. The van der Waals surface area contributed by atoms with Gasteiger partial charge in [0, 0.05) is 12.5 Å². The molecule has 2 rings (SSSR count). The van der Waals surface area contributed by atoms with Gasteiger partial charge in [0.05, 0.1) is 18.2 Å². The van der Waals surface area contributed by atoms with E-state index in [0.717, 1.165) is 12.5 Å². The van der Waals surface area contributed by atoms with E-state index in [4.69, 9.17) is 26.2 Å². The van der Waals surface area contributed by atoms with E-state index in [1.54, 1.807) is 12.1 Å². The van der Waals surface area contributed by atoms with Gasteiger partial charge in [-0.3, -0.25) is 0 Å². The molecule has 126 valence electrons. The molecule has 0 aliphatic carbocycles. The molecule has 0 aliphatic rings. The molecule has 0 unspecified atom stereocenters. The predicted octanol–water partition coefficient (Wildman–Crippen LogP) is 4.46. The standard InChI is InChI=1S/C19H19ClO4/c1-2-23-17-13-15(8-9-18(21)22)12-16(20)19(17)24-11-10-14-6-4-3-5-7-14/h3-9,12-13H,2,10-11H2,1H3,(H,21,22)/b9-8+. The van der Waals surface area contributed by atoms with Gasteiger partial charge in [-0.25, -0.2) is 4.79 Å². The number of ether oxygens (including phenoxy) is 2. The third-order valence-electron chi connectivity index (χ3n) is 3.23. The SMILES string of the molecule is CCOc1cc(/C=C/C(=O)O)cc(Cl)c1OCCc1ccccc1. The van der Waals surface area contributed by atoms with Gasteiger partial charge in [-0.1, -0.05) is 41.9 Å². The molecule has 0 saturated carbocycles. The van der Waals surface area contributed by atoms with Crippen molar-refractivity contribution < 1.29 is 19.4 Å². The molecule has 1 N–H and O–H groups in total. The van der Waals surface area contributed by atoms with Gasteiger partial charge in [-0.2, -0.15) is 0 Å². The highest BCUT2D eigenvalue weighted by atomic mass is 35.5.